The molecule has 0 saturated carbocycles. The van der Waals surface area contributed by atoms with Crippen molar-refractivity contribution in [1.82, 2.24) is 4.98 Å². The molecule has 0 aliphatic carbocycles. The van der Waals surface area contributed by atoms with Crippen molar-refractivity contribution in [2.75, 3.05) is 0 Å². The van der Waals surface area contributed by atoms with Crippen LogP contribution in [0.3, 0.4) is 0 Å². The first-order valence-corrected chi connectivity index (χ1v) is 26.6. The Morgan fingerprint density at radius 3 is 0.714 bits per heavy atom. The van der Waals surface area contributed by atoms with E-state index >= 15 is 0 Å². The fraction of sp³-hybridized carbons (Fsp3) is 0.891. The Balaban J connectivity index is 1.97. The number of aryl methyl sites for hydroxylation is 3. The molecular formula is C55H104N. The Morgan fingerprint density at radius 2 is 0.500 bits per heavy atom. The van der Waals surface area contributed by atoms with E-state index < -0.39 is 0 Å². The normalized spacial score (nSPS) is 11.6. The SMILES string of the molecule is [CH2]CCCc1cc(CCCCCCCCCCCCCCCCCCCCCCC)nc(CCCCCCCCCCCCCCCCCCCCCCC)c1. The van der Waals surface area contributed by atoms with Gasteiger partial charge in [-0.1, -0.05) is 284 Å². The van der Waals surface area contributed by atoms with Crippen molar-refractivity contribution in [2.24, 2.45) is 0 Å². The number of pyridine rings is 1. The van der Waals surface area contributed by atoms with E-state index in [9.17, 15) is 0 Å². The highest BCUT2D eigenvalue weighted by molar-refractivity contribution is 5.22. The third-order valence-corrected chi connectivity index (χ3v) is 12.8. The highest BCUT2D eigenvalue weighted by Crippen LogP contribution is 2.19. The number of aromatic nitrogens is 1. The smallest absolute Gasteiger partial charge is 0.0409 e. The van der Waals surface area contributed by atoms with Crippen molar-refractivity contribution < 1.29 is 0 Å². The summed E-state index contributed by atoms with van der Waals surface area (Å²) in [5.74, 6) is 0. The molecule has 1 nitrogen and oxygen atoms in total. The molecule has 0 aromatic carbocycles. The maximum Gasteiger partial charge on any atom is 0.0409 e. The summed E-state index contributed by atoms with van der Waals surface area (Å²) in [6, 6.07) is 4.85. The number of rotatable bonds is 47. The van der Waals surface area contributed by atoms with Gasteiger partial charge in [0.05, 0.1) is 0 Å². The summed E-state index contributed by atoms with van der Waals surface area (Å²) in [6.45, 7) is 8.72. The summed E-state index contributed by atoms with van der Waals surface area (Å²) in [5.41, 5.74) is 4.24. The van der Waals surface area contributed by atoms with Crippen molar-refractivity contribution in [3.8, 4) is 0 Å². The van der Waals surface area contributed by atoms with Gasteiger partial charge in [-0.2, -0.15) is 0 Å². The van der Waals surface area contributed by atoms with Gasteiger partial charge in [0.15, 0.2) is 0 Å². The van der Waals surface area contributed by atoms with Gasteiger partial charge in [0.25, 0.3) is 0 Å². The van der Waals surface area contributed by atoms with Crippen LogP contribution in [0, 0.1) is 6.92 Å². The molecule has 1 aromatic rings. The molecule has 329 valence electrons. The van der Waals surface area contributed by atoms with Crippen LogP contribution >= 0.6 is 0 Å². The van der Waals surface area contributed by atoms with E-state index in [0.717, 1.165) is 6.42 Å². The molecule has 0 atom stereocenters. The number of hydrogen-bond donors (Lipinski definition) is 0. The van der Waals surface area contributed by atoms with Gasteiger partial charge in [-0.25, -0.2) is 0 Å². The molecule has 0 aliphatic heterocycles. The first-order chi connectivity index (χ1) is 27.8. The van der Waals surface area contributed by atoms with Crippen molar-refractivity contribution >= 4 is 0 Å². The molecule has 1 rings (SSSR count). The molecule has 1 heteroatoms. The van der Waals surface area contributed by atoms with Crippen LogP contribution in [0.1, 0.15) is 313 Å². The second kappa shape index (κ2) is 45.2. The summed E-state index contributed by atoms with van der Waals surface area (Å²) in [5, 5.41) is 0. The van der Waals surface area contributed by atoms with Crippen LogP contribution in [-0.4, -0.2) is 4.98 Å². The molecule has 0 amide bonds. The summed E-state index contributed by atoms with van der Waals surface area (Å²) in [7, 11) is 0. The summed E-state index contributed by atoms with van der Waals surface area (Å²) < 4.78 is 0. The van der Waals surface area contributed by atoms with Crippen LogP contribution < -0.4 is 0 Å². The summed E-state index contributed by atoms with van der Waals surface area (Å²) >= 11 is 0. The van der Waals surface area contributed by atoms with Crippen molar-refractivity contribution in [3.63, 3.8) is 0 Å². The van der Waals surface area contributed by atoms with Gasteiger partial charge in [0, 0.05) is 11.4 Å². The summed E-state index contributed by atoms with van der Waals surface area (Å²) in [4.78, 5) is 5.17. The lowest BCUT2D eigenvalue weighted by Gasteiger charge is -2.10. The van der Waals surface area contributed by atoms with E-state index in [1.165, 1.54) is 312 Å². The van der Waals surface area contributed by atoms with E-state index in [1.54, 1.807) is 0 Å². The first kappa shape index (κ1) is 53.2. The van der Waals surface area contributed by atoms with Crippen molar-refractivity contribution in [3.05, 3.63) is 36.0 Å². The number of hydrogen-bond acceptors (Lipinski definition) is 1. The average Bonchev–Trinajstić information content (AvgIpc) is 3.21. The minimum absolute atomic E-state index is 1.03. The Hall–Kier alpha value is -0.850. The Kier molecular flexibility index (Phi) is 43.0. The predicted molar refractivity (Wildman–Crippen MR) is 255 cm³/mol. The van der Waals surface area contributed by atoms with Gasteiger partial charge < -0.3 is 0 Å². The predicted octanol–water partition coefficient (Wildman–Crippen LogP) is 19.7. The second-order valence-electron chi connectivity index (χ2n) is 18.6. The van der Waals surface area contributed by atoms with Gasteiger partial charge in [0.1, 0.15) is 0 Å². The number of unbranched alkanes of at least 4 members (excludes halogenated alkanes) is 41. The summed E-state index contributed by atoms with van der Waals surface area (Å²) in [6.07, 6.45) is 66.5. The zero-order chi connectivity index (χ0) is 40.1. The maximum absolute atomic E-state index is 5.17. The molecule has 0 aliphatic rings. The van der Waals surface area contributed by atoms with Crippen LogP contribution in [0.4, 0.5) is 0 Å². The van der Waals surface area contributed by atoms with E-state index in [2.05, 4.69) is 32.9 Å². The molecule has 1 radical (unpaired) electrons. The van der Waals surface area contributed by atoms with Gasteiger partial charge in [-0.15, -0.1) is 0 Å². The van der Waals surface area contributed by atoms with Gasteiger partial charge in [0.2, 0.25) is 0 Å². The molecule has 0 fully saturated rings. The molecule has 0 N–H and O–H groups in total. The molecule has 1 heterocycles. The molecule has 0 saturated heterocycles. The number of nitrogens with zero attached hydrogens (tertiary/aromatic N) is 1. The molecule has 0 bridgehead atoms. The monoisotopic (exact) mass is 779 g/mol. The van der Waals surface area contributed by atoms with Gasteiger partial charge in [-0.05, 0) is 56.2 Å². The highest BCUT2D eigenvalue weighted by Gasteiger charge is 2.05. The van der Waals surface area contributed by atoms with E-state index in [1.807, 2.05) is 0 Å². The lowest BCUT2D eigenvalue weighted by Crippen LogP contribution is -2.00. The Morgan fingerprint density at radius 1 is 0.286 bits per heavy atom. The minimum Gasteiger partial charge on any atom is -0.258 e. The Labute approximate surface area is 355 Å². The first-order valence-electron chi connectivity index (χ1n) is 26.6. The van der Waals surface area contributed by atoms with Crippen LogP contribution in [0.5, 0.6) is 0 Å². The molecular weight excluding hydrogens is 675 g/mol. The lowest BCUT2D eigenvalue weighted by atomic mass is 10.0. The van der Waals surface area contributed by atoms with E-state index in [0.29, 0.717) is 0 Å². The van der Waals surface area contributed by atoms with Crippen LogP contribution in [-0.2, 0) is 19.3 Å². The molecule has 0 spiro atoms. The average molecular weight is 779 g/mol. The van der Waals surface area contributed by atoms with Gasteiger partial charge in [-0.3, -0.25) is 4.98 Å². The molecule has 0 unspecified atom stereocenters. The van der Waals surface area contributed by atoms with E-state index in [4.69, 9.17) is 4.98 Å². The highest BCUT2D eigenvalue weighted by atomic mass is 14.7. The van der Waals surface area contributed by atoms with Crippen LogP contribution in [0.25, 0.3) is 0 Å². The lowest BCUT2D eigenvalue weighted by molar-refractivity contribution is 0.520. The fourth-order valence-electron chi connectivity index (χ4n) is 8.92. The minimum atomic E-state index is 1.03. The zero-order valence-electron chi connectivity index (χ0n) is 39.0. The van der Waals surface area contributed by atoms with Crippen LogP contribution in [0.15, 0.2) is 12.1 Å². The van der Waals surface area contributed by atoms with Crippen LogP contribution in [0.2, 0.25) is 0 Å². The quantitative estimate of drug-likeness (QED) is 0.0601. The third kappa shape index (κ3) is 38.7. The van der Waals surface area contributed by atoms with E-state index in [-0.39, 0.29) is 0 Å². The maximum atomic E-state index is 5.17. The van der Waals surface area contributed by atoms with Gasteiger partial charge >= 0.3 is 0 Å². The third-order valence-electron chi connectivity index (χ3n) is 12.8. The largest absolute Gasteiger partial charge is 0.258 e. The standard InChI is InChI=1S/C55H104N/c1-4-7-10-12-14-16-18-20-22-24-26-28-30-32-34-36-38-40-42-44-46-49-54-51-53(48-9-6-3)52-55(56-54)50-47-45-43-41-39-37-35-33-31-29-27-25-23-21-19-17-15-13-11-8-5-2/h51-52H,3-50H2,1-2H3. The molecule has 1 aromatic heterocycles. The fourth-order valence-corrected chi connectivity index (χ4v) is 8.92. The topological polar surface area (TPSA) is 12.9 Å². The van der Waals surface area contributed by atoms with Crippen molar-refractivity contribution in [2.45, 2.75) is 316 Å². The molecule has 56 heavy (non-hydrogen) atoms. The Bertz CT molecular complexity index is 810. The van der Waals surface area contributed by atoms with Crippen molar-refractivity contribution in [1.29, 1.82) is 0 Å². The zero-order valence-corrected chi connectivity index (χ0v) is 39.0. The second-order valence-corrected chi connectivity index (χ2v) is 18.6.